The molecule has 16 heavy (non-hydrogen) atoms. The van der Waals surface area contributed by atoms with Gasteiger partial charge in [0.1, 0.15) is 0 Å². The second-order valence-electron chi connectivity index (χ2n) is 4.42. The Kier molecular flexibility index (Phi) is 5.54. The lowest BCUT2D eigenvalue weighted by molar-refractivity contribution is 0.282. The molecule has 1 atom stereocenters. The van der Waals surface area contributed by atoms with Crippen molar-refractivity contribution >= 4 is 0 Å². The van der Waals surface area contributed by atoms with Crippen LogP contribution in [0.5, 0.6) is 0 Å². The molecule has 0 fully saturated rings. The Labute approximate surface area is 99.5 Å². The third-order valence-corrected chi connectivity index (χ3v) is 2.99. The first-order chi connectivity index (χ1) is 7.71. The summed E-state index contributed by atoms with van der Waals surface area (Å²) in [4.78, 5) is 0. The van der Waals surface area contributed by atoms with Gasteiger partial charge in [-0.2, -0.15) is 0 Å². The highest BCUT2D eigenvalue weighted by Crippen LogP contribution is 2.20. The highest BCUT2D eigenvalue weighted by Gasteiger charge is 2.06. The quantitative estimate of drug-likeness (QED) is 0.776. The van der Waals surface area contributed by atoms with Crippen LogP contribution < -0.4 is 0 Å². The molecule has 1 N–H and O–H groups in total. The van der Waals surface area contributed by atoms with Crippen LogP contribution in [0.3, 0.4) is 0 Å². The molecule has 1 unspecified atom stereocenters. The van der Waals surface area contributed by atoms with Gasteiger partial charge in [0.2, 0.25) is 0 Å². The molecule has 0 aromatic heterocycles. The summed E-state index contributed by atoms with van der Waals surface area (Å²) in [5, 5.41) is 9.16. The van der Waals surface area contributed by atoms with Crippen LogP contribution in [0, 0.1) is 6.92 Å². The number of hydrogen-bond donors (Lipinski definition) is 1. The van der Waals surface area contributed by atoms with Crippen molar-refractivity contribution in [3.05, 3.63) is 41.8 Å². The lowest BCUT2D eigenvalue weighted by atomic mass is 9.94. The van der Waals surface area contributed by atoms with Gasteiger partial charge < -0.3 is 5.11 Å². The summed E-state index contributed by atoms with van der Waals surface area (Å²) in [7, 11) is 0. The van der Waals surface area contributed by atoms with Crippen LogP contribution in [0.15, 0.2) is 18.2 Å². The minimum Gasteiger partial charge on any atom is -0.396 e. The molecule has 1 heteroatoms. The second kappa shape index (κ2) is 6.70. The van der Waals surface area contributed by atoms with Crippen LogP contribution in [0.1, 0.15) is 49.3 Å². The smallest absolute Gasteiger partial charge is 0.0499 e. The molecule has 1 radical (unpaired) electrons. The first-order valence-corrected chi connectivity index (χ1v) is 6.27. The van der Waals surface area contributed by atoms with E-state index in [1.54, 1.807) is 0 Å². The van der Waals surface area contributed by atoms with Crippen LogP contribution in [-0.4, -0.2) is 11.7 Å². The third-order valence-electron chi connectivity index (χ3n) is 2.99. The third kappa shape index (κ3) is 3.64. The Hall–Kier alpha value is -0.820. The topological polar surface area (TPSA) is 20.2 Å². The van der Waals surface area contributed by atoms with Crippen molar-refractivity contribution in [2.45, 2.75) is 45.4 Å². The van der Waals surface area contributed by atoms with E-state index in [1.807, 2.05) is 0 Å². The largest absolute Gasteiger partial charge is 0.396 e. The predicted octanol–water partition coefficient (Wildman–Crippen LogP) is 3.50. The molecule has 1 aromatic carbocycles. The molecule has 0 spiro atoms. The van der Waals surface area contributed by atoms with Gasteiger partial charge in [0, 0.05) is 12.5 Å². The van der Waals surface area contributed by atoms with Crippen molar-refractivity contribution in [3.8, 4) is 0 Å². The van der Waals surface area contributed by atoms with Crippen LogP contribution in [0.2, 0.25) is 0 Å². The van der Waals surface area contributed by atoms with Gasteiger partial charge in [-0.15, -0.1) is 0 Å². The van der Waals surface area contributed by atoms with Gasteiger partial charge in [0.15, 0.2) is 0 Å². The summed E-state index contributed by atoms with van der Waals surface area (Å²) in [6.45, 7) is 8.48. The van der Waals surface area contributed by atoms with Gasteiger partial charge in [0.25, 0.3) is 0 Å². The van der Waals surface area contributed by atoms with E-state index in [-0.39, 0.29) is 12.5 Å². The van der Waals surface area contributed by atoms with E-state index in [0.717, 1.165) is 12.8 Å². The van der Waals surface area contributed by atoms with Crippen molar-refractivity contribution < 1.29 is 5.11 Å². The molecule has 0 saturated carbocycles. The van der Waals surface area contributed by atoms with E-state index < -0.39 is 0 Å². The van der Waals surface area contributed by atoms with Gasteiger partial charge in [-0.3, -0.25) is 0 Å². The summed E-state index contributed by atoms with van der Waals surface area (Å²) < 4.78 is 0. The zero-order chi connectivity index (χ0) is 12.0. The fourth-order valence-corrected chi connectivity index (χ4v) is 1.86. The molecule has 1 nitrogen and oxygen atoms in total. The maximum absolute atomic E-state index is 9.16. The van der Waals surface area contributed by atoms with Crippen molar-refractivity contribution in [2.75, 3.05) is 6.61 Å². The molecule has 0 heterocycles. The van der Waals surface area contributed by atoms with Gasteiger partial charge in [-0.1, -0.05) is 38.5 Å². The first kappa shape index (κ1) is 13.2. The van der Waals surface area contributed by atoms with Gasteiger partial charge in [-0.05, 0) is 42.9 Å². The van der Waals surface area contributed by atoms with Crippen molar-refractivity contribution in [1.29, 1.82) is 0 Å². The number of aliphatic hydroxyl groups is 1. The van der Waals surface area contributed by atoms with Crippen molar-refractivity contribution in [2.24, 2.45) is 0 Å². The molecule has 0 aliphatic carbocycles. The molecular weight excluding hydrogens is 196 g/mol. The maximum atomic E-state index is 9.16. The number of aryl methyl sites for hydroxylation is 2. The fraction of sp³-hybridized carbons (Fsp3) is 0.533. The average Bonchev–Trinajstić information content (AvgIpc) is 2.34. The fourth-order valence-electron chi connectivity index (χ4n) is 1.86. The standard InChI is InChI=1S/C15H23O/c1-4-6-7-14-8-13(5-2)9-15(10-14)12(3)11-16/h8-10,12,16H,3-7,11H2,1-2H3. The van der Waals surface area contributed by atoms with E-state index in [9.17, 15) is 0 Å². The Balaban J connectivity index is 2.91. The van der Waals surface area contributed by atoms with Crippen LogP contribution in [-0.2, 0) is 12.8 Å². The Bertz CT molecular complexity index is 317. The molecule has 0 aliphatic rings. The Morgan fingerprint density at radius 3 is 2.44 bits per heavy atom. The molecule has 1 aromatic rings. The van der Waals surface area contributed by atoms with E-state index in [1.165, 1.54) is 29.5 Å². The summed E-state index contributed by atoms with van der Waals surface area (Å²) in [5.74, 6) is 0.00637. The Morgan fingerprint density at radius 2 is 1.88 bits per heavy atom. The van der Waals surface area contributed by atoms with Crippen LogP contribution in [0.4, 0.5) is 0 Å². The zero-order valence-electron chi connectivity index (χ0n) is 10.5. The van der Waals surface area contributed by atoms with E-state index in [0.29, 0.717) is 0 Å². The average molecular weight is 219 g/mol. The summed E-state index contributed by atoms with van der Waals surface area (Å²) in [6, 6.07) is 6.65. The van der Waals surface area contributed by atoms with E-state index in [2.05, 4.69) is 39.0 Å². The Morgan fingerprint density at radius 1 is 1.19 bits per heavy atom. The SMILES string of the molecule is [CH2]C(CO)c1cc(CC)cc(CCCC)c1. The van der Waals surface area contributed by atoms with Crippen molar-refractivity contribution in [3.63, 3.8) is 0 Å². The zero-order valence-corrected chi connectivity index (χ0v) is 10.5. The monoisotopic (exact) mass is 219 g/mol. The van der Waals surface area contributed by atoms with Gasteiger partial charge >= 0.3 is 0 Å². The molecule has 0 amide bonds. The molecule has 0 saturated heterocycles. The molecule has 1 rings (SSSR count). The summed E-state index contributed by atoms with van der Waals surface area (Å²) in [5.41, 5.74) is 3.91. The highest BCUT2D eigenvalue weighted by atomic mass is 16.3. The molecule has 0 aliphatic heterocycles. The van der Waals surface area contributed by atoms with Crippen LogP contribution in [0.25, 0.3) is 0 Å². The minimum absolute atomic E-state index is 0.00637. The van der Waals surface area contributed by atoms with Gasteiger partial charge in [-0.25, -0.2) is 0 Å². The van der Waals surface area contributed by atoms with Crippen LogP contribution >= 0.6 is 0 Å². The molecular formula is C15H23O. The lowest BCUT2D eigenvalue weighted by Crippen LogP contribution is -2.02. The van der Waals surface area contributed by atoms with Crippen molar-refractivity contribution in [1.82, 2.24) is 0 Å². The maximum Gasteiger partial charge on any atom is 0.0499 e. The molecule has 0 bridgehead atoms. The number of benzene rings is 1. The van der Waals surface area contributed by atoms with Gasteiger partial charge in [0.05, 0.1) is 0 Å². The normalized spacial score (nSPS) is 12.8. The van der Waals surface area contributed by atoms with E-state index in [4.69, 9.17) is 5.11 Å². The minimum atomic E-state index is 0.00637. The predicted molar refractivity (Wildman–Crippen MR) is 69.6 cm³/mol. The number of hydrogen-bond acceptors (Lipinski definition) is 1. The number of aliphatic hydroxyl groups excluding tert-OH is 1. The first-order valence-electron chi connectivity index (χ1n) is 6.27. The number of unbranched alkanes of at least 4 members (excludes halogenated alkanes) is 1. The highest BCUT2D eigenvalue weighted by molar-refractivity contribution is 5.33. The summed E-state index contributed by atoms with van der Waals surface area (Å²) in [6.07, 6.45) is 4.63. The lowest BCUT2D eigenvalue weighted by Gasteiger charge is -2.12. The van der Waals surface area contributed by atoms with E-state index >= 15 is 0 Å². The number of rotatable bonds is 6. The second-order valence-corrected chi connectivity index (χ2v) is 4.42. The molecule has 89 valence electrons. The summed E-state index contributed by atoms with van der Waals surface area (Å²) >= 11 is 0.